The van der Waals surface area contributed by atoms with Crippen LogP contribution in [0.4, 0.5) is 4.79 Å². The lowest BCUT2D eigenvalue weighted by Crippen LogP contribution is -2.55. The van der Waals surface area contributed by atoms with Gasteiger partial charge in [-0.05, 0) is 29.2 Å². The molecule has 3 aromatic rings. The molecule has 4 rings (SSSR count). The molecule has 29 heavy (non-hydrogen) atoms. The molecule has 0 radical (unpaired) electrons. The quantitative estimate of drug-likeness (QED) is 0.668. The first-order valence-corrected chi connectivity index (χ1v) is 9.17. The molecule has 8 nitrogen and oxygen atoms in total. The SMILES string of the molecule is CC(Cn1cncn1)(NC(=O)OCC1c2ccccc2-c2ccccc21)C(=O)O. The molecule has 0 saturated carbocycles. The van der Waals surface area contributed by atoms with E-state index in [4.69, 9.17) is 4.74 Å². The van der Waals surface area contributed by atoms with Gasteiger partial charge in [0.05, 0.1) is 6.54 Å². The maximum absolute atomic E-state index is 12.4. The van der Waals surface area contributed by atoms with Gasteiger partial charge in [-0.2, -0.15) is 5.10 Å². The van der Waals surface area contributed by atoms with Crippen molar-refractivity contribution in [3.05, 3.63) is 72.3 Å². The number of alkyl carbamates (subject to hydrolysis) is 1. The van der Waals surface area contributed by atoms with Crippen LogP contribution in [0.15, 0.2) is 61.2 Å². The van der Waals surface area contributed by atoms with Crippen LogP contribution >= 0.6 is 0 Å². The Morgan fingerprint density at radius 1 is 1.14 bits per heavy atom. The number of fused-ring (bicyclic) bond motifs is 3. The van der Waals surface area contributed by atoms with Gasteiger partial charge in [0.15, 0.2) is 5.54 Å². The molecule has 0 saturated heterocycles. The third kappa shape index (κ3) is 3.56. The highest BCUT2D eigenvalue weighted by molar-refractivity contribution is 5.84. The predicted molar refractivity (Wildman–Crippen MR) is 104 cm³/mol. The Morgan fingerprint density at radius 3 is 2.31 bits per heavy atom. The highest BCUT2D eigenvalue weighted by atomic mass is 16.5. The molecule has 0 fully saturated rings. The molecule has 1 aliphatic carbocycles. The number of carbonyl (C=O) groups is 2. The zero-order valence-corrected chi connectivity index (χ0v) is 15.8. The molecule has 1 heterocycles. The minimum Gasteiger partial charge on any atom is -0.479 e. The zero-order valence-electron chi connectivity index (χ0n) is 15.8. The molecule has 1 amide bonds. The fourth-order valence-electron chi connectivity index (χ4n) is 3.66. The van der Waals surface area contributed by atoms with Crippen LogP contribution in [-0.2, 0) is 16.1 Å². The lowest BCUT2D eigenvalue weighted by atomic mass is 9.98. The van der Waals surface area contributed by atoms with E-state index in [2.05, 4.69) is 15.4 Å². The number of nitrogens with one attached hydrogen (secondary N) is 1. The van der Waals surface area contributed by atoms with E-state index in [1.807, 2.05) is 48.5 Å². The van der Waals surface area contributed by atoms with Crippen LogP contribution in [-0.4, -0.2) is 44.1 Å². The largest absolute Gasteiger partial charge is 0.479 e. The van der Waals surface area contributed by atoms with E-state index in [1.54, 1.807) is 0 Å². The Morgan fingerprint density at radius 2 is 1.76 bits per heavy atom. The molecular weight excluding hydrogens is 372 g/mol. The average Bonchev–Trinajstić information content (AvgIpc) is 3.32. The van der Waals surface area contributed by atoms with Crippen LogP contribution in [0.25, 0.3) is 11.1 Å². The van der Waals surface area contributed by atoms with Crippen molar-refractivity contribution in [2.24, 2.45) is 0 Å². The minimum absolute atomic E-state index is 0.0769. The summed E-state index contributed by atoms with van der Waals surface area (Å²) in [5.74, 6) is -1.29. The summed E-state index contributed by atoms with van der Waals surface area (Å²) in [5.41, 5.74) is 2.84. The molecule has 0 aliphatic heterocycles. The Bertz CT molecular complexity index is 1000. The van der Waals surface area contributed by atoms with Crippen molar-refractivity contribution in [2.75, 3.05) is 6.61 Å². The Hall–Kier alpha value is -3.68. The number of carboxylic acid groups (broad SMARTS) is 1. The van der Waals surface area contributed by atoms with Crippen LogP contribution in [0.5, 0.6) is 0 Å². The summed E-state index contributed by atoms with van der Waals surface area (Å²) in [6.07, 6.45) is 1.90. The van der Waals surface area contributed by atoms with Crippen molar-refractivity contribution in [3.8, 4) is 11.1 Å². The minimum atomic E-state index is -1.59. The second kappa shape index (κ2) is 7.38. The van der Waals surface area contributed by atoms with Gasteiger partial charge in [0.25, 0.3) is 0 Å². The molecule has 2 aromatic carbocycles. The number of hydrogen-bond donors (Lipinski definition) is 2. The monoisotopic (exact) mass is 392 g/mol. The number of hydrogen-bond acceptors (Lipinski definition) is 5. The molecule has 1 atom stereocenters. The summed E-state index contributed by atoms with van der Waals surface area (Å²) in [7, 11) is 0. The lowest BCUT2D eigenvalue weighted by molar-refractivity contribution is -0.144. The number of carboxylic acids is 1. The molecule has 0 bridgehead atoms. The van der Waals surface area contributed by atoms with Gasteiger partial charge in [-0.15, -0.1) is 0 Å². The fraction of sp³-hybridized carbons (Fsp3) is 0.238. The van der Waals surface area contributed by atoms with Crippen LogP contribution in [0.2, 0.25) is 0 Å². The van der Waals surface area contributed by atoms with E-state index < -0.39 is 17.6 Å². The molecule has 1 aliphatic rings. The number of carbonyl (C=O) groups excluding carboxylic acids is 1. The number of aliphatic carboxylic acids is 1. The fourth-order valence-corrected chi connectivity index (χ4v) is 3.66. The molecule has 2 N–H and O–H groups in total. The summed E-state index contributed by atoms with van der Waals surface area (Å²) in [5, 5.41) is 15.9. The molecule has 1 aromatic heterocycles. The number of nitrogens with zero attached hydrogens (tertiary/aromatic N) is 3. The van der Waals surface area contributed by atoms with Gasteiger partial charge in [0.1, 0.15) is 19.3 Å². The first kappa shape index (κ1) is 18.7. The maximum Gasteiger partial charge on any atom is 0.408 e. The smallest absolute Gasteiger partial charge is 0.408 e. The second-order valence-electron chi connectivity index (χ2n) is 7.18. The zero-order chi connectivity index (χ0) is 20.4. The van der Waals surface area contributed by atoms with Gasteiger partial charge < -0.3 is 15.2 Å². The van der Waals surface area contributed by atoms with Crippen molar-refractivity contribution in [1.82, 2.24) is 20.1 Å². The lowest BCUT2D eigenvalue weighted by Gasteiger charge is -2.26. The summed E-state index contributed by atoms with van der Waals surface area (Å²) in [4.78, 5) is 28.0. The van der Waals surface area contributed by atoms with Crippen molar-refractivity contribution in [2.45, 2.75) is 24.9 Å². The topological polar surface area (TPSA) is 106 Å². The summed E-state index contributed by atoms with van der Waals surface area (Å²) >= 11 is 0. The third-order valence-electron chi connectivity index (χ3n) is 5.14. The number of amides is 1. The summed E-state index contributed by atoms with van der Waals surface area (Å²) < 4.78 is 6.79. The molecule has 8 heteroatoms. The Labute approximate surface area is 167 Å². The van der Waals surface area contributed by atoms with Crippen molar-refractivity contribution >= 4 is 12.1 Å². The standard InChI is InChI=1S/C21H20N4O4/c1-21(19(26)27,11-25-13-22-12-23-25)24-20(28)29-10-18-16-8-4-2-6-14(16)15-7-3-5-9-17(15)18/h2-9,12-13,18H,10-11H2,1H3,(H,24,28)(H,26,27). The van der Waals surface area contributed by atoms with E-state index in [0.717, 1.165) is 22.3 Å². The predicted octanol–water partition coefficient (Wildman–Crippen LogP) is 2.66. The van der Waals surface area contributed by atoms with Gasteiger partial charge in [-0.3, -0.25) is 4.68 Å². The van der Waals surface area contributed by atoms with Crippen molar-refractivity contribution in [3.63, 3.8) is 0 Å². The Balaban J connectivity index is 1.47. The van der Waals surface area contributed by atoms with E-state index in [0.29, 0.717) is 0 Å². The third-order valence-corrected chi connectivity index (χ3v) is 5.14. The van der Waals surface area contributed by atoms with E-state index in [-0.39, 0.29) is 19.1 Å². The van der Waals surface area contributed by atoms with E-state index in [1.165, 1.54) is 24.3 Å². The molecule has 1 unspecified atom stereocenters. The van der Waals surface area contributed by atoms with Gasteiger partial charge in [-0.25, -0.2) is 14.6 Å². The maximum atomic E-state index is 12.4. The highest BCUT2D eigenvalue weighted by Crippen LogP contribution is 2.44. The normalized spacial score (nSPS) is 14.5. The number of rotatable bonds is 6. The van der Waals surface area contributed by atoms with Crippen LogP contribution in [0.3, 0.4) is 0 Å². The molecule has 0 spiro atoms. The van der Waals surface area contributed by atoms with Crippen LogP contribution in [0.1, 0.15) is 24.0 Å². The second-order valence-corrected chi connectivity index (χ2v) is 7.18. The van der Waals surface area contributed by atoms with Gasteiger partial charge in [-0.1, -0.05) is 48.5 Å². The first-order valence-electron chi connectivity index (χ1n) is 9.17. The molecular formula is C21H20N4O4. The number of ether oxygens (including phenoxy) is 1. The van der Waals surface area contributed by atoms with Gasteiger partial charge in [0, 0.05) is 5.92 Å². The van der Waals surface area contributed by atoms with Crippen molar-refractivity contribution in [1.29, 1.82) is 0 Å². The number of aromatic nitrogens is 3. The first-order chi connectivity index (χ1) is 14.0. The molecule has 148 valence electrons. The Kier molecular flexibility index (Phi) is 4.75. The summed E-state index contributed by atoms with van der Waals surface area (Å²) in [6, 6.07) is 16.0. The van der Waals surface area contributed by atoms with Gasteiger partial charge >= 0.3 is 12.1 Å². The van der Waals surface area contributed by atoms with E-state index >= 15 is 0 Å². The number of benzene rings is 2. The van der Waals surface area contributed by atoms with E-state index in [9.17, 15) is 14.7 Å². The summed E-state index contributed by atoms with van der Waals surface area (Å²) in [6.45, 7) is 1.43. The van der Waals surface area contributed by atoms with Gasteiger partial charge in [0.2, 0.25) is 0 Å². The highest BCUT2D eigenvalue weighted by Gasteiger charge is 2.37. The van der Waals surface area contributed by atoms with Crippen LogP contribution in [0, 0.1) is 0 Å². The van der Waals surface area contributed by atoms with Crippen LogP contribution < -0.4 is 5.32 Å². The van der Waals surface area contributed by atoms with Crippen molar-refractivity contribution < 1.29 is 19.4 Å². The average molecular weight is 392 g/mol.